The highest BCUT2D eigenvalue weighted by Crippen LogP contribution is 2.14. The standard InChI is InChI=1S/C15H16N2O4/c1-3-21-13(18)9-17-14(19)12(16-15(17)20)8-11-6-4-10(2)5-7-11/h4-8H,3,9H2,1-2H3,(H,16,20)/b12-8-. The molecule has 1 heterocycles. The van der Waals surface area contributed by atoms with Crippen LogP contribution >= 0.6 is 0 Å². The van der Waals surface area contributed by atoms with E-state index >= 15 is 0 Å². The number of hydrogen-bond acceptors (Lipinski definition) is 4. The number of carbonyl (C=O) groups is 3. The van der Waals surface area contributed by atoms with Gasteiger partial charge in [0.1, 0.15) is 12.2 Å². The summed E-state index contributed by atoms with van der Waals surface area (Å²) >= 11 is 0. The molecule has 1 fully saturated rings. The molecule has 6 heteroatoms. The third kappa shape index (κ3) is 3.47. The SMILES string of the molecule is CCOC(=O)CN1C(=O)N/C(=C\c2ccc(C)cc2)C1=O. The number of benzene rings is 1. The monoisotopic (exact) mass is 288 g/mol. The number of rotatable bonds is 4. The summed E-state index contributed by atoms with van der Waals surface area (Å²) < 4.78 is 4.73. The van der Waals surface area contributed by atoms with Crippen LogP contribution in [0.3, 0.4) is 0 Å². The fourth-order valence-corrected chi connectivity index (χ4v) is 1.88. The molecule has 3 amide bonds. The predicted octanol–water partition coefficient (Wildman–Crippen LogP) is 1.45. The number of aryl methyl sites for hydroxylation is 1. The second-order valence-corrected chi connectivity index (χ2v) is 4.60. The van der Waals surface area contributed by atoms with E-state index in [1.807, 2.05) is 31.2 Å². The lowest BCUT2D eigenvalue weighted by atomic mass is 10.1. The average Bonchev–Trinajstić information content (AvgIpc) is 2.69. The molecule has 1 aliphatic heterocycles. The van der Waals surface area contributed by atoms with Gasteiger partial charge in [0.2, 0.25) is 0 Å². The molecule has 1 N–H and O–H groups in total. The summed E-state index contributed by atoms with van der Waals surface area (Å²) in [4.78, 5) is 36.0. The minimum Gasteiger partial charge on any atom is -0.465 e. The van der Waals surface area contributed by atoms with Crippen molar-refractivity contribution < 1.29 is 19.1 Å². The second kappa shape index (κ2) is 6.21. The van der Waals surface area contributed by atoms with Gasteiger partial charge in [-0.05, 0) is 25.5 Å². The zero-order valence-electron chi connectivity index (χ0n) is 11.9. The van der Waals surface area contributed by atoms with E-state index in [2.05, 4.69) is 5.32 Å². The van der Waals surface area contributed by atoms with E-state index in [0.717, 1.165) is 16.0 Å². The van der Waals surface area contributed by atoms with E-state index in [0.29, 0.717) is 0 Å². The molecule has 1 aromatic carbocycles. The number of ether oxygens (including phenoxy) is 1. The summed E-state index contributed by atoms with van der Waals surface area (Å²) in [6, 6.07) is 6.88. The summed E-state index contributed by atoms with van der Waals surface area (Å²) in [5.74, 6) is -1.15. The number of carbonyl (C=O) groups excluding carboxylic acids is 3. The van der Waals surface area contributed by atoms with E-state index in [4.69, 9.17) is 4.74 Å². The second-order valence-electron chi connectivity index (χ2n) is 4.60. The molecule has 1 aliphatic rings. The molecule has 0 saturated carbocycles. The summed E-state index contributed by atoms with van der Waals surface area (Å²) in [5.41, 5.74) is 2.04. The van der Waals surface area contributed by atoms with E-state index < -0.39 is 17.9 Å². The van der Waals surface area contributed by atoms with Crippen molar-refractivity contribution >= 4 is 24.0 Å². The maximum atomic E-state index is 12.1. The Labute approximate surface area is 122 Å². The van der Waals surface area contributed by atoms with Gasteiger partial charge in [0.05, 0.1) is 6.61 Å². The topological polar surface area (TPSA) is 75.7 Å². The number of nitrogens with one attached hydrogen (secondary N) is 1. The van der Waals surface area contributed by atoms with E-state index in [9.17, 15) is 14.4 Å². The van der Waals surface area contributed by atoms with Crippen LogP contribution in [0.25, 0.3) is 6.08 Å². The Hall–Kier alpha value is -2.63. The van der Waals surface area contributed by atoms with Crippen molar-refractivity contribution in [1.82, 2.24) is 10.2 Å². The maximum Gasteiger partial charge on any atom is 0.329 e. The first-order chi connectivity index (χ1) is 10.0. The Morgan fingerprint density at radius 1 is 1.29 bits per heavy atom. The number of esters is 1. The summed E-state index contributed by atoms with van der Waals surface area (Å²) in [6.45, 7) is 3.44. The van der Waals surface area contributed by atoms with Crippen LogP contribution < -0.4 is 5.32 Å². The first kappa shape index (κ1) is 14.8. The minimum absolute atomic E-state index is 0.146. The van der Waals surface area contributed by atoms with Gasteiger partial charge in [-0.15, -0.1) is 0 Å². The molecular formula is C15H16N2O4. The molecular weight excluding hydrogens is 272 g/mol. The van der Waals surface area contributed by atoms with Crippen molar-refractivity contribution in [3.8, 4) is 0 Å². The van der Waals surface area contributed by atoms with Crippen LogP contribution in [0, 0.1) is 6.92 Å². The lowest BCUT2D eigenvalue weighted by Crippen LogP contribution is -2.36. The third-order valence-electron chi connectivity index (χ3n) is 2.94. The van der Waals surface area contributed by atoms with Crippen LogP contribution in [-0.4, -0.2) is 36.0 Å². The number of amides is 3. The van der Waals surface area contributed by atoms with Crippen LogP contribution in [0.5, 0.6) is 0 Å². The van der Waals surface area contributed by atoms with Crippen molar-refractivity contribution in [3.63, 3.8) is 0 Å². The molecule has 21 heavy (non-hydrogen) atoms. The molecule has 6 nitrogen and oxygen atoms in total. The van der Waals surface area contributed by atoms with Crippen LogP contribution in [0.4, 0.5) is 4.79 Å². The van der Waals surface area contributed by atoms with Crippen molar-refractivity contribution in [2.24, 2.45) is 0 Å². The molecule has 0 radical (unpaired) electrons. The normalized spacial score (nSPS) is 16.3. The smallest absolute Gasteiger partial charge is 0.329 e. The summed E-state index contributed by atoms with van der Waals surface area (Å²) in [5, 5.41) is 2.46. The van der Waals surface area contributed by atoms with Gasteiger partial charge >= 0.3 is 12.0 Å². The van der Waals surface area contributed by atoms with Gasteiger partial charge in [0, 0.05) is 0 Å². The predicted molar refractivity (Wildman–Crippen MR) is 76.0 cm³/mol. The quantitative estimate of drug-likeness (QED) is 0.517. The zero-order chi connectivity index (χ0) is 15.4. The van der Waals surface area contributed by atoms with Crippen LogP contribution in [0.15, 0.2) is 30.0 Å². The zero-order valence-corrected chi connectivity index (χ0v) is 11.9. The number of imide groups is 1. The Morgan fingerprint density at radius 2 is 1.95 bits per heavy atom. The molecule has 0 bridgehead atoms. The van der Waals surface area contributed by atoms with Gasteiger partial charge in [-0.1, -0.05) is 29.8 Å². The molecule has 2 rings (SSSR count). The van der Waals surface area contributed by atoms with Gasteiger partial charge in [-0.2, -0.15) is 0 Å². The Morgan fingerprint density at radius 3 is 2.57 bits per heavy atom. The first-order valence-corrected chi connectivity index (χ1v) is 6.58. The van der Waals surface area contributed by atoms with Gasteiger partial charge in [0.15, 0.2) is 0 Å². The first-order valence-electron chi connectivity index (χ1n) is 6.58. The molecule has 0 unspecified atom stereocenters. The van der Waals surface area contributed by atoms with Crippen molar-refractivity contribution in [2.45, 2.75) is 13.8 Å². The molecule has 1 saturated heterocycles. The maximum absolute atomic E-state index is 12.1. The van der Waals surface area contributed by atoms with Crippen LogP contribution in [-0.2, 0) is 14.3 Å². The Bertz CT molecular complexity index is 605. The van der Waals surface area contributed by atoms with Gasteiger partial charge in [0.25, 0.3) is 5.91 Å². The lowest BCUT2D eigenvalue weighted by Gasteiger charge is -2.10. The fraction of sp³-hybridized carbons (Fsp3) is 0.267. The van der Waals surface area contributed by atoms with E-state index in [1.165, 1.54) is 0 Å². The average molecular weight is 288 g/mol. The lowest BCUT2D eigenvalue weighted by molar-refractivity contribution is -0.145. The molecule has 0 atom stereocenters. The number of nitrogens with zero attached hydrogens (tertiary/aromatic N) is 1. The summed E-state index contributed by atoms with van der Waals surface area (Å²) in [7, 11) is 0. The molecule has 110 valence electrons. The van der Waals surface area contributed by atoms with Gasteiger partial charge in [-0.25, -0.2) is 9.69 Å². The Kier molecular flexibility index (Phi) is 4.37. The molecule has 0 aliphatic carbocycles. The van der Waals surface area contributed by atoms with Crippen LogP contribution in [0.1, 0.15) is 18.1 Å². The van der Waals surface area contributed by atoms with Gasteiger partial charge in [-0.3, -0.25) is 9.59 Å². The largest absolute Gasteiger partial charge is 0.465 e. The van der Waals surface area contributed by atoms with E-state index in [1.54, 1.807) is 13.0 Å². The van der Waals surface area contributed by atoms with Crippen molar-refractivity contribution in [2.75, 3.05) is 13.2 Å². The van der Waals surface area contributed by atoms with Gasteiger partial charge < -0.3 is 10.1 Å². The molecule has 0 spiro atoms. The third-order valence-corrected chi connectivity index (χ3v) is 2.94. The fourth-order valence-electron chi connectivity index (χ4n) is 1.88. The number of hydrogen-bond donors (Lipinski definition) is 1. The highest BCUT2D eigenvalue weighted by molar-refractivity contribution is 6.15. The molecule has 0 aromatic heterocycles. The summed E-state index contributed by atoms with van der Waals surface area (Å²) in [6.07, 6.45) is 1.57. The van der Waals surface area contributed by atoms with Crippen molar-refractivity contribution in [3.05, 3.63) is 41.1 Å². The van der Waals surface area contributed by atoms with Crippen molar-refractivity contribution in [1.29, 1.82) is 0 Å². The van der Waals surface area contributed by atoms with E-state index in [-0.39, 0.29) is 18.8 Å². The minimum atomic E-state index is -0.619. The molecule has 1 aromatic rings. The highest BCUT2D eigenvalue weighted by atomic mass is 16.5. The number of urea groups is 1. The van der Waals surface area contributed by atoms with Crippen LogP contribution in [0.2, 0.25) is 0 Å². The Balaban J connectivity index is 2.13. The highest BCUT2D eigenvalue weighted by Gasteiger charge is 2.35.